The number of benzene rings is 1. The van der Waals surface area contributed by atoms with Crippen LogP contribution < -0.4 is 4.74 Å². The van der Waals surface area contributed by atoms with Gasteiger partial charge in [-0.05, 0) is 39.6 Å². The number of nitriles is 1. The van der Waals surface area contributed by atoms with Gasteiger partial charge in [0.15, 0.2) is 0 Å². The zero-order valence-corrected chi connectivity index (χ0v) is 11.0. The van der Waals surface area contributed by atoms with Gasteiger partial charge in [0.25, 0.3) is 0 Å². The molecule has 0 saturated carbocycles. The summed E-state index contributed by atoms with van der Waals surface area (Å²) in [5.74, 6) is 0.903. The lowest BCUT2D eigenvalue weighted by molar-refractivity contribution is 0.187. The first-order valence-corrected chi connectivity index (χ1v) is 5.78. The molecule has 0 heterocycles. The second kappa shape index (κ2) is 6.27. The highest BCUT2D eigenvalue weighted by atomic mass is 16.5. The van der Waals surface area contributed by atoms with Crippen molar-refractivity contribution in [2.75, 3.05) is 20.7 Å². The molecular formula is C14H20N2O. The Morgan fingerprint density at radius 1 is 1.35 bits per heavy atom. The van der Waals surface area contributed by atoms with Crippen molar-refractivity contribution in [3.63, 3.8) is 0 Å². The number of ether oxygens (including phenoxy) is 1. The Kier molecular flexibility index (Phi) is 4.99. The predicted molar refractivity (Wildman–Crippen MR) is 69.1 cm³/mol. The van der Waals surface area contributed by atoms with Crippen LogP contribution in [0, 0.1) is 25.2 Å². The Labute approximate surface area is 104 Å². The number of nitrogens with zero attached hydrogens (tertiary/aromatic N) is 2. The monoisotopic (exact) mass is 232 g/mol. The van der Waals surface area contributed by atoms with Gasteiger partial charge in [-0.25, -0.2) is 0 Å². The molecule has 0 bridgehead atoms. The quantitative estimate of drug-likeness (QED) is 0.782. The Hall–Kier alpha value is -1.53. The smallest absolute Gasteiger partial charge is 0.122 e. The fourth-order valence-corrected chi connectivity index (χ4v) is 1.64. The molecule has 3 nitrogen and oxygen atoms in total. The zero-order chi connectivity index (χ0) is 12.8. The SMILES string of the molecule is Cc1ccc(OCC(CC#N)N(C)C)c(C)c1. The maximum Gasteiger partial charge on any atom is 0.122 e. The number of hydrogen-bond acceptors (Lipinski definition) is 3. The molecule has 0 amide bonds. The van der Waals surface area contributed by atoms with Gasteiger partial charge < -0.3 is 9.64 Å². The first kappa shape index (κ1) is 13.5. The van der Waals surface area contributed by atoms with Gasteiger partial charge in [-0.15, -0.1) is 0 Å². The van der Waals surface area contributed by atoms with E-state index in [0.717, 1.165) is 11.3 Å². The summed E-state index contributed by atoms with van der Waals surface area (Å²) < 4.78 is 5.78. The van der Waals surface area contributed by atoms with E-state index in [1.807, 2.05) is 38.1 Å². The first-order valence-electron chi connectivity index (χ1n) is 5.78. The van der Waals surface area contributed by atoms with Crippen LogP contribution in [0.4, 0.5) is 0 Å². The van der Waals surface area contributed by atoms with Gasteiger partial charge in [0.2, 0.25) is 0 Å². The molecule has 0 aliphatic carbocycles. The van der Waals surface area contributed by atoms with Gasteiger partial charge in [-0.2, -0.15) is 5.26 Å². The van der Waals surface area contributed by atoms with Gasteiger partial charge >= 0.3 is 0 Å². The van der Waals surface area contributed by atoms with Gasteiger partial charge in [-0.1, -0.05) is 17.7 Å². The lowest BCUT2D eigenvalue weighted by Crippen LogP contribution is -2.33. The number of hydrogen-bond donors (Lipinski definition) is 0. The summed E-state index contributed by atoms with van der Waals surface area (Å²) in [5, 5.41) is 8.74. The highest BCUT2D eigenvalue weighted by Crippen LogP contribution is 2.19. The van der Waals surface area contributed by atoms with Crippen molar-refractivity contribution < 1.29 is 4.74 Å². The maximum atomic E-state index is 8.74. The van der Waals surface area contributed by atoms with Crippen LogP contribution in [0.25, 0.3) is 0 Å². The Balaban J connectivity index is 2.62. The molecule has 3 heteroatoms. The van der Waals surface area contributed by atoms with E-state index in [1.165, 1.54) is 5.56 Å². The Bertz CT molecular complexity index is 407. The second-order valence-corrected chi connectivity index (χ2v) is 4.56. The molecule has 1 rings (SSSR count). The third kappa shape index (κ3) is 4.08. The van der Waals surface area contributed by atoms with E-state index in [-0.39, 0.29) is 6.04 Å². The van der Waals surface area contributed by atoms with Crippen molar-refractivity contribution in [2.45, 2.75) is 26.3 Å². The van der Waals surface area contributed by atoms with Crippen LogP contribution in [0.15, 0.2) is 18.2 Å². The van der Waals surface area contributed by atoms with E-state index in [9.17, 15) is 0 Å². The van der Waals surface area contributed by atoms with Gasteiger partial charge in [0.1, 0.15) is 12.4 Å². The van der Waals surface area contributed by atoms with Crippen molar-refractivity contribution in [3.8, 4) is 11.8 Å². The van der Waals surface area contributed by atoms with Gasteiger partial charge in [0.05, 0.1) is 18.5 Å². The Morgan fingerprint density at radius 3 is 2.59 bits per heavy atom. The van der Waals surface area contributed by atoms with Gasteiger partial charge in [0, 0.05) is 0 Å². The molecule has 0 aliphatic heterocycles. The second-order valence-electron chi connectivity index (χ2n) is 4.56. The molecule has 92 valence electrons. The van der Waals surface area contributed by atoms with Crippen LogP contribution in [0.3, 0.4) is 0 Å². The van der Waals surface area contributed by atoms with Crippen LogP contribution in [0.5, 0.6) is 5.75 Å². The highest BCUT2D eigenvalue weighted by molar-refractivity contribution is 5.35. The minimum Gasteiger partial charge on any atom is -0.492 e. The Morgan fingerprint density at radius 2 is 2.06 bits per heavy atom. The summed E-state index contributed by atoms with van der Waals surface area (Å²) in [7, 11) is 3.93. The molecule has 0 N–H and O–H groups in total. The summed E-state index contributed by atoms with van der Waals surface area (Å²) in [6, 6.07) is 8.46. The normalized spacial score (nSPS) is 12.2. The van der Waals surface area contributed by atoms with Crippen molar-refractivity contribution >= 4 is 0 Å². The van der Waals surface area contributed by atoms with E-state index < -0.39 is 0 Å². The van der Waals surface area contributed by atoms with Crippen LogP contribution in [0.2, 0.25) is 0 Å². The van der Waals surface area contributed by atoms with Crippen LogP contribution in [0.1, 0.15) is 17.5 Å². The van der Waals surface area contributed by atoms with Crippen molar-refractivity contribution in [2.24, 2.45) is 0 Å². The molecule has 17 heavy (non-hydrogen) atoms. The summed E-state index contributed by atoms with van der Waals surface area (Å²) in [4.78, 5) is 2.02. The minimum atomic E-state index is 0.140. The molecule has 0 saturated heterocycles. The van der Waals surface area contributed by atoms with E-state index in [2.05, 4.69) is 19.1 Å². The average molecular weight is 232 g/mol. The molecule has 1 unspecified atom stereocenters. The molecule has 1 aromatic carbocycles. The standard InChI is InChI=1S/C14H20N2O/c1-11-5-6-14(12(2)9-11)17-10-13(7-8-15)16(3)4/h5-6,9,13H,7,10H2,1-4H3. The molecular weight excluding hydrogens is 212 g/mol. The fraction of sp³-hybridized carbons (Fsp3) is 0.500. The summed E-state index contributed by atoms with van der Waals surface area (Å²) in [5.41, 5.74) is 2.37. The maximum absolute atomic E-state index is 8.74. The summed E-state index contributed by atoms with van der Waals surface area (Å²) in [6.07, 6.45) is 0.484. The van der Waals surface area contributed by atoms with Crippen LogP contribution in [-0.2, 0) is 0 Å². The largest absolute Gasteiger partial charge is 0.492 e. The van der Waals surface area contributed by atoms with E-state index >= 15 is 0 Å². The predicted octanol–water partition coefficient (Wildman–Crippen LogP) is 2.53. The fourth-order valence-electron chi connectivity index (χ4n) is 1.64. The molecule has 0 spiro atoms. The van der Waals surface area contributed by atoms with Gasteiger partial charge in [-0.3, -0.25) is 0 Å². The minimum absolute atomic E-state index is 0.140. The highest BCUT2D eigenvalue weighted by Gasteiger charge is 2.12. The van der Waals surface area contributed by atoms with E-state index in [1.54, 1.807) is 0 Å². The molecule has 1 aromatic rings. The third-order valence-electron chi connectivity index (χ3n) is 2.82. The molecule has 0 radical (unpaired) electrons. The third-order valence-corrected chi connectivity index (χ3v) is 2.82. The van der Waals surface area contributed by atoms with Crippen molar-refractivity contribution in [3.05, 3.63) is 29.3 Å². The lowest BCUT2D eigenvalue weighted by atomic mass is 10.1. The topological polar surface area (TPSA) is 36.3 Å². The first-order chi connectivity index (χ1) is 8.04. The molecule has 0 aliphatic rings. The van der Waals surface area contributed by atoms with E-state index in [4.69, 9.17) is 10.00 Å². The average Bonchev–Trinajstić information content (AvgIpc) is 2.25. The van der Waals surface area contributed by atoms with E-state index in [0.29, 0.717) is 13.0 Å². The molecule has 1 atom stereocenters. The zero-order valence-electron chi connectivity index (χ0n) is 11.0. The lowest BCUT2D eigenvalue weighted by Gasteiger charge is -2.22. The summed E-state index contributed by atoms with van der Waals surface area (Å²) >= 11 is 0. The number of rotatable bonds is 5. The van der Waals surface area contributed by atoms with Crippen molar-refractivity contribution in [1.29, 1.82) is 5.26 Å². The number of aryl methyl sites for hydroxylation is 2. The number of likely N-dealkylation sites (N-methyl/N-ethyl adjacent to an activating group) is 1. The molecule has 0 fully saturated rings. The molecule has 0 aromatic heterocycles. The van der Waals surface area contributed by atoms with Crippen molar-refractivity contribution in [1.82, 2.24) is 4.90 Å². The summed E-state index contributed by atoms with van der Waals surface area (Å²) in [6.45, 7) is 4.65. The van der Waals surface area contributed by atoms with Crippen LogP contribution in [-0.4, -0.2) is 31.6 Å². The van der Waals surface area contributed by atoms with Crippen LogP contribution >= 0.6 is 0 Å².